The van der Waals surface area contributed by atoms with Crippen LogP contribution in [0.4, 0.5) is 4.79 Å². The average Bonchev–Trinajstić information content (AvgIpc) is 2.65. The number of amidine groups is 1. The Morgan fingerprint density at radius 2 is 2.00 bits per heavy atom. The van der Waals surface area contributed by atoms with Crippen LogP contribution in [0, 0.1) is 0 Å². The molecular weight excluding hydrogens is 184 g/mol. The zero-order valence-electron chi connectivity index (χ0n) is 8.02. The predicted octanol–water partition coefficient (Wildman–Crippen LogP) is 0.0561. The molecule has 0 unspecified atom stereocenters. The number of carbonyl (C=O) groups excluding carboxylic acids is 1. The lowest BCUT2D eigenvalue weighted by Crippen LogP contribution is -2.46. The smallest absolute Gasteiger partial charge is 0.315 e. The lowest BCUT2D eigenvalue weighted by atomic mass is 10.2. The van der Waals surface area contributed by atoms with Crippen molar-refractivity contribution in [3.63, 3.8) is 0 Å². The lowest BCUT2D eigenvalue weighted by molar-refractivity contribution is 0.193. The Bertz CT molecular complexity index is 235. The zero-order chi connectivity index (χ0) is 10.6. The van der Waals surface area contributed by atoms with E-state index in [0.29, 0.717) is 0 Å². The van der Waals surface area contributed by atoms with Gasteiger partial charge in [0.15, 0.2) is 5.84 Å². The Balaban J connectivity index is 2.59. The van der Waals surface area contributed by atoms with Gasteiger partial charge in [-0.3, -0.25) is 0 Å². The molecule has 0 radical (unpaired) electrons. The number of hydrogen-bond acceptors (Lipinski definition) is 3. The van der Waals surface area contributed by atoms with E-state index in [1.165, 1.54) is 4.90 Å². The van der Waals surface area contributed by atoms with Gasteiger partial charge in [-0.1, -0.05) is 18.0 Å². The number of amides is 2. The van der Waals surface area contributed by atoms with Crippen molar-refractivity contribution in [3.8, 4) is 0 Å². The molecule has 6 nitrogen and oxygen atoms in total. The molecule has 0 bridgehead atoms. The molecular formula is C8H16N4O2. The molecule has 1 aliphatic carbocycles. The fraction of sp³-hybridized carbons (Fsp3) is 0.750. The normalized spacial score (nSPS) is 18.4. The molecule has 0 aromatic carbocycles. The fourth-order valence-electron chi connectivity index (χ4n) is 1.81. The summed E-state index contributed by atoms with van der Waals surface area (Å²) in [6, 6.07) is -0.365. The second-order valence-electron chi connectivity index (χ2n) is 3.50. The standard InChI is InChI=1S/C8H16N4O2/c9-7(11-14)5-12(8(10)13)6-3-1-2-4-6/h6,14H,1-5H2,(H2,9,11)(H2,10,13). The Kier molecular flexibility index (Phi) is 3.55. The van der Waals surface area contributed by atoms with Crippen LogP contribution >= 0.6 is 0 Å². The topological polar surface area (TPSA) is 105 Å². The van der Waals surface area contributed by atoms with Gasteiger partial charge >= 0.3 is 6.03 Å². The van der Waals surface area contributed by atoms with Crippen LogP contribution in [0.25, 0.3) is 0 Å². The van der Waals surface area contributed by atoms with Crippen LogP contribution < -0.4 is 11.5 Å². The first-order valence-corrected chi connectivity index (χ1v) is 4.67. The molecule has 0 atom stereocenters. The number of primary amides is 1. The molecule has 1 rings (SSSR count). The maximum Gasteiger partial charge on any atom is 0.315 e. The van der Waals surface area contributed by atoms with Crippen molar-refractivity contribution < 1.29 is 10.0 Å². The van der Waals surface area contributed by atoms with Gasteiger partial charge < -0.3 is 21.6 Å². The molecule has 0 saturated heterocycles. The van der Waals surface area contributed by atoms with Gasteiger partial charge in [0.2, 0.25) is 0 Å². The molecule has 0 heterocycles. The highest BCUT2D eigenvalue weighted by atomic mass is 16.4. The Morgan fingerprint density at radius 1 is 1.43 bits per heavy atom. The minimum atomic E-state index is -0.511. The molecule has 14 heavy (non-hydrogen) atoms. The van der Waals surface area contributed by atoms with Gasteiger partial charge in [-0.25, -0.2) is 4.79 Å². The van der Waals surface area contributed by atoms with E-state index in [4.69, 9.17) is 16.7 Å². The van der Waals surface area contributed by atoms with Gasteiger partial charge in [0.05, 0.1) is 6.54 Å². The first kappa shape index (κ1) is 10.6. The van der Waals surface area contributed by atoms with Gasteiger partial charge in [0.25, 0.3) is 0 Å². The van der Waals surface area contributed by atoms with Crippen LogP contribution in [0.2, 0.25) is 0 Å². The van der Waals surface area contributed by atoms with E-state index in [0.717, 1.165) is 25.7 Å². The maximum absolute atomic E-state index is 11.1. The number of oxime groups is 1. The summed E-state index contributed by atoms with van der Waals surface area (Å²) in [5.74, 6) is 0.00991. The summed E-state index contributed by atoms with van der Waals surface area (Å²) in [6.45, 7) is 0.108. The number of nitrogens with two attached hydrogens (primary N) is 2. The average molecular weight is 200 g/mol. The molecule has 2 amide bonds. The second kappa shape index (κ2) is 4.69. The number of carbonyl (C=O) groups is 1. The summed E-state index contributed by atoms with van der Waals surface area (Å²) in [5, 5.41) is 11.2. The predicted molar refractivity (Wildman–Crippen MR) is 52.0 cm³/mol. The second-order valence-corrected chi connectivity index (χ2v) is 3.50. The Hall–Kier alpha value is -1.46. The minimum Gasteiger partial charge on any atom is -0.409 e. The van der Waals surface area contributed by atoms with Crippen LogP contribution in [0.1, 0.15) is 25.7 Å². The minimum absolute atomic E-state index is 0.00991. The third-order valence-electron chi connectivity index (χ3n) is 2.51. The summed E-state index contributed by atoms with van der Waals surface area (Å²) >= 11 is 0. The summed E-state index contributed by atoms with van der Waals surface area (Å²) < 4.78 is 0. The molecule has 6 heteroatoms. The largest absolute Gasteiger partial charge is 0.409 e. The summed E-state index contributed by atoms with van der Waals surface area (Å²) in [7, 11) is 0. The van der Waals surface area contributed by atoms with Crippen LogP contribution in [-0.2, 0) is 0 Å². The van der Waals surface area contributed by atoms with E-state index in [9.17, 15) is 4.79 Å². The number of nitrogens with zero attached hydrogens (tertiary/aromatic N) is 2. The highest BCUT2D eigenvalue weighted by molar-refractivity contribution is 5.86. The molecule has 0 spiro atoms. The van der Waals surface area contributed by atoms with Crippen LogP contribution in [0.5, 0.6) is 0 Å². The first-order chi connectivity index (χ1) is 6.65. The molecule has 80 valence electrons. The quantitative estimate of drug-likeness (QED) is 0.259. The van der Waals surface area contributed by atoms with Crippen LogP contribution in [0.15, 0.2) is 5.16 Å². The number of urea groups is 1. The molecule has 0 aliphatic heterocycles. The van der Waals surface area contributed by atoms with Crippen molar-refractivity contribution in [2.45, 2.75) is 31.7 Å². The molecule has 1 aliphatic rings. The lowest BCUT2D eigenvalue weighted by Gasteiger charge is -2.26. The van der Waals surface area contributed by atoms with Gasteiger partial charge in [-0.2, -0.15) is 0 Å². The Morgan fingerprint density at radius 3 is 2.43 bits per heavy atom. The molecule has 1 saturated carbocycles. The van der Waals surface area contributed by atoms with E-state index in [-0.39, 0.29) is 18.4 Å². The molecule has 1 fully saturated rings. The Labute approximate surface area is 82.5 Å². The summed E-state index contributed by atoms with van der Waals surface area (Å²) in [5.41, 5.74) is 10.5. The molecule has 5 N–H and O–H groups in total. The molecule has 0 aromatic rings. The highest BCUT2D eigenvalue weighted by Crippen LogP contribution is 2.22. The van der Waals surface area contributed by atoms with Gasteiger partial charge in [0.1, 0.15) is 0 Å². The van der Waals surface area contributed by atoms with Gasteiger partial charge in [-0.15, -0.1) is 0 Å². The van der Waals surface area contributed by atoms with E-state index >= 15 is 0 Å². The van der Waals surface area contributed by atoms with E-state index in [2.05, 4.69) is 5.16 Å². The van der Waals surface area contributed by atoms with E-state index < -0.39 is 6.03 Å². The third-order valence-corrected chi connectivity index (χ3v) is 2.51. The van der Waals surface area contributed by atoms with Crippen molar-refractivity contribution >= 4 is 11.9 Å². The molecule has 0 aromatic heterocycles. The van der Waals surface area contributed by atoms with Crippen LogP contribution in [0.3, 0.4) is 0 Å². The summed E-state index contributed by atoms with van der Waals surface area (Å²) in [4.78, 5) is 12.6. The van der Waals surface area contributed by atoms with E-state index in [1.807, 2.05) is 0 Å². The SMILES string of the molecule is NC(=O)N(CC(N)=NO)C1CCCC1. The van der Waals surface area contributed by atoms with Crippen molar-refractivity contribution in [1.29, 1.82) is 0 Å². The number of hydrogen-bond donors (Lipinski definition) is 3. The fourth-order valence-corrected chi connectivity index (χ4v) is 1.81. The van der Waals surface area contributed by atoms with Crippen LogP contribution in [-0.4, -0.2) is 34.6 Å². The first-order valence-electron chi connectivity index (χ1n) is 4.67. The summed E-state index contributed by atoms with van der Waals surface area (Å²) in [6.07, 6.45) is 4.10. The van der Waals surface area contributed by atoms with Crippen molar-refractivity contribution in [3.05, 3.63) is 0 Å². The highest BCUT2D eigenvalue weighted by Gasteiger charge is 2.25. The third kappa shape index (κ3) is 2.51. The van der Waals surface area contributed by atoms with Crippen molar-refractivity contribution in [2.24, 2.45) is 16.6 Å². The monoisotopic (exact) mass is 200 g/mol. The van der Waals surface area contributed by atoms with E-state index in [1.54, 1.807) is 0 Å². The maximum atomic E-state index is 11.1. The van der Waals surface area contributed by atoms with Gasteiger partial charge in [-0.05, 0) is 12.8 Å². The number of rotatable bonds is 3. The van der Waals surface area contributed by atoms with Crippen molar-refractivity contribution in [1.82, 2.24) is 4.90 Å². The van der Waals surface area contributed by atoms with Crippen molar-refractivity contribution in [2.75, 3.05) is 6.54 Å². The van der Waals surface area contributed by atoms with Gasteiger partial charge in [0, 0.05) is 6.04 Å². The zero-order valence-corrected chi connectivity index (χ0v) is 8.02.